The molecule has 2 unspecified atom stereocenters. The Hall–Kier alpha value is -1.12. The first-order chi connectivity index (χ1) is 11.3. The Morgan fingerprint density at radius 3 is 2.88 bits per heavy atom. The number of amides is 2. The van der Waals surface area contributed by atoms with Crippen molar-refractivity contribution >= 4 is 27.4 Å². The van der Waals surface area contributed by atoms with Gasteiger partial charge in [0.1, 0.15) is 4.21 Å². The van der Waals surface area contributed by atoms with Crippen molar-refractivity contribution in [3.8, 4) is 0 Å². The number of nitrogens with zero attached hydrogens (tertiary/aromatic N) is 1. The molecule has 1 saturated carbocycles. The minimum Gasteiger partial charge on any atom is -0.337 e. The molecule has 0 bridgehead atoms. The highest BCUT2D eigenvalue weighted by Gasteiger charge is 2.50. The van der Waals surface area contributed by atoms with Crippen LogP contribution in [0.1, 0.15) is 33.1 Å². The van der Waals surface area contributed by atoms with Crippen molar-refractivity contribution in [1.29, 1.82) is 0 Å². The van der Waals surface area contributed by atoms with Crippen molar-refractivity contribution in [2.24, 2.45) is 11.3 Å². The van der Waals surface area contributed by atoms with Crippen LogP contribution in [0.4, 0.5) is 4.79 Å². The van der Waals surface area contributed by atoms with Crippen LogP contribution in [0.5, 0.6) is 0 Å². The Bertz CT molecular complexity index is 685. The lowest BCUT2D eigenvalue weighted by atomic mass is 9.80. The minimum atomic E-state index is -3.46. The number of rotatable bonds is 5. The summed E-state index contributed by atoms with van der Waals surface area (Å²) < 4.78 is 26.8. The van der Waals surface area contributed by atoms with Crippen LogP contribution < -0.4 is 10.0 Å². The normalized spacial score (nSPS) is 25.7. The summed E-state index contributed by atoms with van der Waals surface area (Å²) in [6.07, 6.45) is 3.46. The number of sulfonamides is 1. The Labute approximate surface area is 147 Å². The standard InChI is InChI=1S/C16H25N3O3S2/c1-16(2)11-19(13-6-3-5-12(13)16)15(20)17-8-9-18-24(21,22)14-7-4-10-23-14/h4,7,10,12-13,18H,3,5-6,8-9,11H2,1-2H3,(H,17,20). The predicted molar refractivity (Wildman–Crippen MR) is 94.5 cm³/mol. The fourth-order valence-electron chi connectivity index (χ4n) is 4.06. The zero-order chi connectivity index (χ0) is 17.4. The van der Waals surface area contributed by atoms with Crippen molar-refractivity contribution in [2.75, 3.05) is 19.6 Å². The van der Waals surface area contributed by atoms with E-state index >= 15 is 0 Å². The molecule has 1 saturated heterocycles. The molecule has 2 fully saturated rings. The summed E-state index contributed by atoms with van der Waals surface area (Å²) in [7, 11) is -3.46. The maximum atomic E-state index is 12.5. The van der Waals surface area contributed by atoms with Crippen molar-refractivity contribution < 1.29 is 13.2 Å². The number of carbonyl (C=O) groups is 1. The molecule has 134 valence electrons. The first-order valence-corrected chi connectivity index (χ1v) is 10.8. The summed E-state index contributed by atoms with van der Waals surface area (Å²) in [5, 5.41) is 4.58. The van der Waals surface area contributed by atoms with Crippen LogP contribution in [0.2, 0.25) is 0 Å². The molecule has 6 nitrogen and oxygen atoms in total. The van der Waals surface area contributed by atoms with E-state index in [1.807, 2.05) is 4.90 Å². The highest BCUT2D eigenvalue weighted by Crippen LogP contribution is 2.48. The average Bonchev–Trinajstić information content (AvgIpc) is 3.23. The van der Waals surface area contributed by atoms with Crippen LogP contribution in [0.15, 0.2) is 21.7 Å². The lowest BCUT2D eigenvalue weighted by Gasteiger charge is -2.24. The van der Waals surface area contributed by atoms with E-state index in [0.717, 1.165) is 13.0 Å². The number of hydrogen-bond acceptors (Lipinski definition) is 4. The summed E-state index contributed by atoms with van der Waals surface area (Å²) in [4.78, 5) is 14.4. The van der Waals surface area contributed by atoms with Crippen LogP contribution in [0.3, 0.4) is 0 Å². The third-order valence-electron chi connectivity index (χ3n) is 5.18. The third kappa shape index (κ3) is 3.45. The number of likely N-dealkylation sites (tertiary alicyclic amines) is 1. The molecule has 0 aromatic carbocycles. The quantitative estimate of drug-likeness (QED) is 0.779. The van der Waals surface area contributed by atoms with Gasteiger partial charge in [-0.2, -0.15) is 0 Å². The van der Waals surface area contributed by atoms with E-state index in [-0.39, 0.29) is 24.5 Å². The molecule has 2 N–H and O–H groups in total. The van der Waals surface area contributed by atoms with E-state index in [1.165, 1.54) is 24.2 Å². The molecule has 0 spiro atoms. The molecule has 3 rings (SSSR count). The number of thiophene rings is 1. The first kappa shape index (κ1) is 17.7. The number of hydrogen-bond donors (Lipinski definition) is 2. The van der Waals surface area contributed by atoms with Crippen molar-refractivity contribution in [1.82, 2.24) is 14.9 Å². The van der Waals surface area contributed by atoms with Gasteiger partial charge < -0.3 is 10.2 Å². The molecule has 1 aromatic heterocycles. The topological polar surface area (TPSA) is 78.5 Å². The van der Waals surface area contributed by atoms with Crippen LogP contribution in [-0.2, 0) is 10.0 Å². The number of urea groups is 1. The van der Waals surface area contributed by atoms with Gasteiger partial charge >= 0.3 is 6.03 Å². The van der Waals surface area contributed by atoms with Gasteiger partial charge in [-0.1, -0.05) is 26.3 Å². The molecule has 1 aliphatic heterocycles. The second-order valence-corrected chi connectivity index (χ2v) is 10.2. The van der Waals surface area contributed by atoms with Gasteiger partial charge in [0.2, 0.25) is 10.0 Å². The molecular weight excluding hydrogens is 346 g/mol. The largest absolute Gasteiger partial charge is 0.337 e. The highest BCUT2D eigenvalue weighted by molar-refractivity contribution is 7.91. The molecule has 24 heavy (non-hydrogen) atoms. The summed E-state index contributed by atoms with van der Waals surface area (Å²) in [6.45, 7) is 5.72. The SMILES string of the molecule is CC1(C)CN(C(=O)NCCNS(=O)(=O)c2cccs2)C2CCCC21. The van der Waals surface area contributed by atoms with E-state index in [2.05, 4.69) is 23.9 Å². The maximum Gasteiger partial charge on any atom is 0.317 e. The Morgan fingerprint density at radius 1 is 1.38 bits per heavy atom. The van der Waals surface area contributed by atoms with Gasteiger partial charge in [-0.25, -0.2) is 17.9 Å². The van der Waals surface area contributed by atoms with Gasteiger partial charge in [0.25, 0.3) is 0 Å². The van der Waals surface area contributed by atoms with E-state index < -0.39 is 10.0 Å². The zero-order valence-electron chi connectivity index (χ0n) is 14.1. The lowest BCUT2D eigenvalue weighted by Crippen LogP contribution is -2.45. The van der Waals surface area contributed by atoms with Gasteiger partial charge in [-0.05, 0) is 35.6 Å². The minimum absolute atomic E-state index is 0.0761. The summed E-state index contributed by atoms with van der Waals surface area (Å²) in [5.74, 6) is 0.584. The molecular formula is C16H25N3O3S2. The monoisotopic (exact) mass is 371 g/mol. The Kier molecular flexibility index (Phi) is 4.90. The van der Waals surface area contributed by atoms with Gasteiger partial charge in [0, 0.05) is 25.7 Å². The van der Waals surface area contributed by atoms with Crippen LogP contribution in [0, 0.1) is 11.3 Å². The molecule has 2 atom stereocenters. The molecule has 1 aromatic rings. The van der Waals surface area contributed by atoms with Gasteiger partial charge in [0.15, 0.2) is 0 Å². The van der Waals surface area contributed by atoms with Gasteiger partial charge in [0.05, 0.1) is 0 Å². The molecule has 2 heterocycles. The van der Waals surface area contributed by atoms with Crippen LogP contribution in [-0.4, -0.2) is 45.0 Å². The van der Waals surface area contributed by atoms with E-state index in [9.17, 15) is 13.2 Å². The zero-order valence-corrected chi connectivity index (χ0v) is 15.8. The second-order valence-electron chi connectivity index (χ2n) is 7.28. The molecule has 2 aliphatic rings. The second kappa shape index (κ2) is 6.65. The number of nitrogens with one attached hydrogen (secondary N) is 2. The number of fused-ring (bicyclic) bond motifs is 1. The molecule has 0 radical (unpaired) electrons. The highest BCUT2D eigenvalue weighted by atomic mass is 32.2. The summed E-state index contributed by atoms with van der Waals surface area (Å²) in [6, 6.07) is 3.53. The summed E-state index contributed by atoms with van der Waals surface area (Å²) >= 11 is 1.18. The first-order valence-electron chi connectivity index (χ1n) is 8.39. The fraction of sp³-hybridized carbons (Fsp3) is 0.688. The van der Waals surface area contributed by atoms with Crippen molar-refractivity contribution in [2.45, 2.75) is 43.4 Å². The smallest absolute Gasteiger partial charge is 0.317 e. The Morgan fingerprint density at radius 2 is 2.17 bits per heavy atom. The Balaban J connectivity index is 1.48. The molecule has 2 amide bonds. The van der Waals surface area contributed by atoms with Crippen molar-refractivity contribution in [3.05, 3.63) is 17.5 Å². The maximum absolute atomic E-state index is 12.5. The number of carbonyl (C=O) groups excluding carboxylic acids is 1. The molecule has 8 heteroatoms. The summed E-state index contributed by atoms with van der Waals surface area (Å²) in [5.41, 5.74) is 0.166. The predicted octanol–water partition coefficient (Wildman–Crippen LogP) is 2.25. The fourth-order valence-corrected chi connectivity index (χ4v) is 6.13. The van der Waals surface area contributed by atoms with E-state index in [0.29, 0.717) is 16.2 Å². The van der Waals surface area contributed by atoms with E-state index in [4.69, 9.17) is 0 Å². The molecule has 1 aliphatic carbocycles. The van der Waals surface area contributed by atoms with Gasteiger partial charge in [-0.3, -0.25) is 0 Å². The van der Waals surface area contributed by atoms with Crippen molar-refractivity contribution in [3.63, 3.8) is 0 Å². The average molecular weight is 372 g/mol. The van der Waals surface area contributed by atoms with E-state index in [1.54, 1.807) is 17.5 Å². The lowest BCUT2D eigenvalue weighted by molar-refractivity contribution is 0.188. The van der Waals surface area contributed by atoms with Gasteiger partial charge in [-0.15, -0.1) is 11.3 Å². The van der Waals surface area contributed by atoms with Crippen LogP contribution >= 0.6 is 11.3 Å². The van der Waals surface area contributed by atoms with Crippen LogP contribution in [0.25, 0.3) is 0 Å². The third-order valence-corrected chi connectivity index (χ3v) is 8.03.